The van der Waals surface area contributed by atoms with Crippen LogP contribution in [0.5, 0.6) is 0 Å². The number of carbonyl (C=O) groups is 1. The summed E-state index contributed by atoms with van der Waals surface area (Å²) >= 11 is 0. The number of carbonyl (C=O) groups excluding carboxylic acids is 1. The molecular formula is C18H20N2O. The van der Waals surface area contributed by atoms with Gasteiger partial charge in [-0.1, -0.05) is 19.1 Å². The average molecular weight is 280 g/mol. The predicted octanol–water partition coefficient (Wildman–Crippen LogP) is 4.04. The van der Waals surface area contributed by atoms with Gasteiger partial charge in [-0.2, -0.15) is 0 Å². The lowest BCUT2D eigenvalue weighted by molar-refractivity contribution is -0.124. The Labute approximate surface area is 125 Å². The summed E-state index contributed by atoms with van der Waals surface area (Å²) in [6.45, 7) is 4.20. The normalized spacial score (nSPS) is 20.7. The van der Waals surface area contributed by atoms with E-state index in [0.717, 1.165) is 35.3 Å². The summed E-state index contributed by atoms with van der Waals surface area (Å²) in [5.41, 5.74) is 4.01. The lowest BCUT2D eigenvalue weighted by Gasteiger charge is -2.32. The molecule has 3 heteroatoms. The number of amides is 1. The van der Waals surface area contributed by atoms with Gasteiger partial charge in [0.15, 0.2) is 0 Å². The van der Waals surface area contributed by atoms with Crippen molar-refractivity contribution in [3.05, 3.63) is 48.2 Å². The van der Waals surface area contributed by atoms with E-state index in [1.807, 2.05) is 36.4 Å². The molecule has 1 fully saturated rings. The van der Waals surface area contributed by atoms with E-state index in [1.165, 1.54) is 0 Å². The Hall–Kier alpha value is -2.16. The fourth-order valence-corrected chi connectivity index (χ4v) is 2.79. The molecule has 3 nitrogen and oxygen atoms in total. The van der Waals surface area contributed by atoms with E-state index in [-0.39, 0.29) is 11.8 Å². The van der Waals surface area contributed by atoms with Gasteiger partial charge in [0.05, 0.1) is 5.69 Å². The summed E-state index contributed by atoms with van der Waals surface area (Å²) in [4.78, 5) is 16.6. The highest BCUT2D eigenvalue weighted by molar-refractivity contribution is 5.94. The number of hydrogen-bond acceptors (Lipinski definition) is 2. The quantitative estimate of drug-likeness (QED) is 0.922. The summed E-state index contributed by atoms with van der Waals surface area (Å²) < 4.78 is 0. The summed E-state index contributed by atoms with van der Waals surface area (Å²) in [6.07, 6.45) is 3.95. The molecule has 0 spiro atoms. The van der Waals surface area contributed by atoms with Crippen molar-refractivity contribution in [1.82, 2.24) is 4.98 Å². The van der Waals surface area contributed by atoms with Crippen LogP contribution in [-0.4, -0.2) is 10.9 Å². The average Bonchev–Trinajstić information content (AvgIpc) is 2.48. The Morgan fingerprint density at radius 2 is 2.10 bits per heavy atom. The van der Waals surface area contributed by atoms with E-state index in [2.05, 4.69) is 24.1 Å². The number of anilines is 1. The van der Waals surface area contributed by atoms with Crippen LogP contribution in [0.3, 0.4) is 0 Å². The van der Waals surface area contributed by atoms with Gasteiger partial charge in [-0.3, -0.25) is 9.78 Å². The Kier molecular flexibility index (Phi) is 3.74. The van der Waals surface area contributed by atoms with Gasteiger partial charge in [0.2, 0.25) is 5.91 Å². The monoisotopic (exact) mass is 280 g/mol. The third-order valence-corrected chi connectivity index (χ3v) is 4.40. The number of benzene rings is 1. The van der Waals surface area contributed by atoms with Crippen molar-refractivity contribution in [3.8, 4) is 11.3 Å². The second kappa shape index (κ2) is 5.68. The van der Waals surface area contributed by atoms with Crippen LogP contribution in [0.15, 0.2) is 42.6 Å². The van der Waals surface area contributed by atoms with Crippen LogP contribution in [0.2, 0.25) is 0 Å². The maximum atomic E-state index is 12.2. The van der Waals surface area contributed by atoms with Gasteiger partial charge >= 0.3 is 0 Å². The van der Waals surface area contributed by atoms with Crippen molar-refractivity contribution < 1.29 is 4.79 Å². The van der Waals surface area contributed by atoms with E-state index in [1.54, 1.807) is 6.20 Å². The van der Waals surface area contributed by atoms with Crippen molar-refractivity contribution in [3.63, 3.8) is 0 Å². The maximum Gasteiger partial charge on any atom is 0.227 e. The Bertz CT molecular complexity index is 652. The van der Waals surface area contributed by atoms with Gasteiger partial charge in [-0.25, -0.2) is 0 Å². The molecule has 2 aromatic rings. The molecule has 1 aliphatic rings. The number of nitrogens with zero attached hydrogens (tertiary/aromatic N) is 1. The Morgan fingerprint density at radius 3 is 2.71 bits per heavy atom. The van der Waals surface area contributed by atoms with Crippen molar-refractivity contribution >= 4 is 11.6 Å². The minimum absolute atomic E-state index is 0.143. The van der Waals surface area contributed by atoms with E-state index in [9.17, 15) is 4.79 Å². The molecule has 0 aliphatic heterocycles. The lowest BCUT2D eigenvalue weighted by atomic mass is 9.74. The summed E-state index contributed by atoms with van der Waals surface area (Å²) in [5.74, 6) is 0.819. The van der Waals surface area contributed by atoms with Gasteiger partial charge in [0.1, 0.15) is 0 Å². The minimum atomic E-state index is 0.143. The third-order valence-electron chi connectivity index (χ3n) is 4.40. The standard InChI is InChI=1S/C18H20N2O/c1-12-7-9-15(12)18(21)20-14-8-6-13(2)16(11-14)17-5-3-4-10-19-17/h3-6,8,10-12,15H,7,9H2,1-2H3,(H,20,21)/t12-,15+/m1/s1. The molecule has 0 bridgehead atoms. The zero-order chi connectivity index (χ0) is 14.8. The fraction of sp³-hybridized carbons (Fsp3) is 0.333. The first-order valence-electron chi connectivity index (χ1n) is 7.48. The first-order valence-corrected chi connectivity index (χ1v) is 7.48. The third kappa shape index (κ3) is 2.82. The number of pyridine rings is 1. The summed E-state index contributed by atoms with van der Waals surface area (Å²) in [6, 6.07) is 11.9. The molecule has 21 heavy (non-hydrogen) atoms. The van der Waals surface area contributed by atoms with Crippen molar-refractivity contribution in [2.24, 2.45) is 11.8 Å². The SMILES string of the molecule is Cc1ccc(NC(=O)[C@H]2CC[C@H]2C)cc1-c1ccccn1. The molecule has 1 aromatic heterocycles. The van der Waals surface area contributed by atoms with Crippen LogP contribution in [0, 0.1) is 18.8 Å². The number of rotatable bonds is 3. The number of aryl methyl sites for hydroxylation is 1. The summed E-state index contributed by atoms with van der Waals surface area (Å²) in [7, 11) is 0. The van der Waals surface area contributed by atoms with E-state index >= 15 is 0 Å². The Balaban J connectivity index is 1.83. The first-order chi connectivity index (χ1) is 10.1. The van der Waals surface area contributed by atoms with Crippen molar-refractivity contribution in [2.75, 3.05) is 5.32 Å². The van der Waals surface area contributed by atoms with Gasteiger partial charge in [0.25, 0.3) is 0 Å². The zero-order valence-corrected chi connectivity index (χ0v) is 12.5. The molecule has 1 heterocycles. The topological polar surface area (TPSA) is 42.0 Å². The molecule has 1 aromatic carbocycles. The molecule has 1 saturated carbocycles. The van der Waals surface area contributed by atoms with Crippen molar-refractivity contribution in [2.45, 2.75) is 26.7 Å². The lowest BCUT2D eigenvalue weighted by Crippen LogP contribution is -2.35. The summed E-state index contributed by atoms with van der Waals surface area (Å²) in [5, 5.41) is 3.04. The molecule has 0 radical (unpaired) electrons. The smallest absolute Gasteiger partial charge is 0.227 e. The number of hydrogen-bond donors (Lipinski definition) is 1. The number of aromatic nitrogens is 1. The number of nitrogens with one attached hydrogen (secondary N) is 1. The molecule has 0 unspecified atom stereocenters. The zero-order valence-electron chi connectivity index (χ0n) is 12.5. The van der Waals surface area contributed by atoms with Crippen LogP contribution in [-0.2, 0) is 4.79 Å². The van der Waals surface area contributed by atoms with Gasteiger partial charge in [-0.05, 0) is 55.5 Å². The largest absolute Gasteiger partial charge is 0.326 e. The van der Waals surface area contributed by atoms with Crippen LogP contribution < -0.4 is 5.32 Å². The fourth-order valence-electron chi connectivity index (χ4n) is 2.79. The molecule has 1 amide bonds. The highest BCUT2D eigenvalue weighted by atomic mass is 16.1. The highest BCUT2D eigenvalue weighted by Crippen LogP contribution is 2.34. The van der Waals surface area contributed by atoms with Crippen LogP contribution in [0.25, 0.3) is 11.3 Å². The molecule has 2 atom stereocenters. The maximum absolute atomic E-state index is 12.2. The molecule has 1 aliphatic carbocycles. The van der Waals surface area contributed by atoms with Gasteiger partial charge in [-0.15, -0.1) is 0 Å². The van der Waals surface area contributed by atoms with Crippen LogP contribution in [0.4, 0.5) is 5.69 Å². The van der Waals surface area contributed by atoms with Gasteiger partial charge in [0, 0.05) is 23.4 Å². The van der Waals surface area contributed by atoms with E-state index in [4.69, 9.17) is 0 Å². The molecular weight excluding hydrogens is 260 g/mol. The first kappa shape index (κ1) is 13.8. The minimum Gasteiger partial charge on any atom is -0.326 e. The predicted molar refractivity (Wildman–Crippen MR) is 84.9 cm³/mol. The second-order valence-electron chi connectivity index (χ2n) is 5.90. The van der Waals surface area contributed by atoms with Crippen LogP contribution >= 0.6 is 0 Å². The van der Waals surface area contributed by atoms with Gasteiger partial charge < -0.3 is 5.32 Å². The van der Waals surface area contributed by atoms with E-state index in [0.29, 0.717) is 5.92 Å². The molecule has 0 saturated heterocycles. The molecule has 1 N–H and O–H groups in total. The molecule has 3 rings (SSSR count). The van der Waals surface area contributed by atoms with Crippen LogP contribution in [0.1, 0.15) is 25.3 Å². The Morgan fingerprint density at radius 1 is 1.24 bits per heavy atom. The molecule has 108 valence electrons. The van der Waals surface area contributed by atoms with Crippen molar-refractivity contribution in [1.29, 1.82) is 0 Å². The van der Waals surface area contributed by atoms with E-state index < -0.39 is 0 Å². The second-order valence-corrected chi connectivity index (χ2v) is 5.90. The highest BCUT2D eigenvalue weighted by Gasteiger charge is 2.32.